The molecule has 0 heterocycles. The van der Waals surface area contributed by atoms with E-state index in [-0.39, 0.29) is 5.56 Å². The van der Waals surface area contributed by atoms with Crippen molar-refractivity contribution < 1.29 is 13.2 Å². The van der Waals surface area contributed by atoms with E-state index in [1.54, 1.807) is 0 Å². The molecule has 0 N–H and O–H groups in total. The summed E-state index contributed by atoms with van der Waals surface area (Å²) < 4.78 is 38.7. The summed E-state index contributed by atoms with van der Waals surface area (Å²) in [5.74, 6) is 1.74. The van der Waals surface area contributed by atoms with Gasteiger partial charge in [-0.25, -0.2) is 13.2 Å². The van der Waals surface area contributed by atoms with Gasteiger partial charge in [-0.15, -0.1) is 0 Å². The molecule has 0 atom stereocenters. The Bertz CT molecular complexity index is 460. The van der Waals surface area contributed by atoms with Crippen LogP contribution in [0.5, 0.6) is 0 Å². The van der Waals surface area contributed by atoms with E-state index in [9.17, 15) is 13.2 Å². The first kappa shape index (κ1) is 17.6. The first-order chi connectivity index (χ1) is 10.1. The molecule has 3 heteroatoms. The van der Waals surface area contributed by atoms with Crippen LogP contribution in [0.25, 0.3) is 0 Å². The molecule has 1 rings (SSSR count). The van der Waals surface area contributed by atoms with Crippen LogP contribution in [0.3, 0.4) is 0 Å². The Morgan fingerprint density at radius 1 is 0.810 bits per heavy atom. The Morgan fingerprint density at radius 2 is 1.33 bits per heavy atom. The Morgan fingerprint density at radius 3 is 1.90 bits per heavy atom. The Labute approximate surface area is 125 Å². The summed E-state index contributed by atoms with van der Waals surface area (Å²) in [6, 6.07) is 1.86. The summed E-state index contributed by atoms with van der Waals surface area (Å²) in [6.07, 6.45) is 10.5. The molecule has 0 saturated heterocycles. The molecule has 1 aromatic carbocycles. The highest BCUT2D eigenvalue weighted by atomic mass is 19.2. The van der Waals surface area contributed by atoms with E-state index in [4.69, 9.17) is 0 Å². The Hall–Kier alpha value is -1.43. The van der Waals surface area contributed by atoms with Gasteiger partial charge in [-0.2, -0.15) is 0 Å². The van der Waals surface area contributed by atoms with E-state index >= 15 is 0 Å². The van der Waals surface area contributed by atoms with Gasteiger partial charge in [0.1, 0.15) is 0 Å². The van der Waals surface area contributed by atoms with E-state index in [0.29, 0.717) is 6.42 Å². The average Bonchev–Trinajstić information content (AvgIpc) is 2.46. The molecule has 1 aromatic rings. The minimum absolute atomic E-state index is 0.186. The van der Waals surface area contributed by atoms with Gasteiger partial charge in [0.2, 0.25) is 0 Å². The van der Waals surface area contributed by atoms with Crippen LogP contribution in [0, 0.1) is 29.3 Å². The Kier molecular flexibility index (Phi) is 8.66. The fourth-order valence-electron chi connectivity index (χ4n) is 2.14. The van der Waals surface area contributed by atoms with Gasteiger partial charge in [-0.05, 0) is 18.6 Å². The van der Waals surface area contributed by atoms with Crippen LogP contribution in [0.15, 0.2) is 12.1 Å². The van der Waals surface area contributed by atoms with E-state index in [1.165, 1.54) is 38.5 Å². The third-order valence-electron chi connectivity index (χ3n) is 3.37. The molecule has 0 aliphatic heterocycles. The lowest BCUT2D eigenvalue weighted by molar-refractivity contribution is 0.446. The minimum atomic E-state index is -1.44. The normalized spacial score (nSPS) is 10.3. The van der Waals surface area contributed by atoms with Crippen LogP contribution in [0.4, 0.5) is 13.2 Å². The molecule has 21 heavy (non-hydrogen) atoms. The number of unbranched alkanes of at least 4 members (excludes halogenated alkanes) is 8. The van der Waals surface area contributed by atoms with Gasteiger partial charge < -0.3 is 0 Å². The zero-order valence-corrected chi connectivity index (χ0v) is 12.7. The van der Waals surface area contributed by atoms with Crippen LogP contribution in [0.1, 0.15) is 70.3 Å². The largest absolute Gasteiger partial charge is 0.204 e. The van der Waals surface area contributed by atoms with Crippen LogP contribution in [0.2, 0.25) is 0 Å². The molecule has 0 bridgehead atoms. The predicted octanol–water partition coefficient (Wildman–Crippen LogP) is 5.99. The van der Waals surface area contributed by atoms with Gasteiger partial charge in [-0.3, -0.25) is 0 Å². The molecule has 0 amide bonds. The summed E-state index contributed by atoms with van der Waals surface area (Å²) in [5, 5.41) is 0. The van der Waals surface area contributed by atoms with E-state index in [1.807, 2.05) is 0 Å². The molecule has 0 aliphatic rings. The average molecular weight is 296 g/mol. The molecule has 0 nitrogen and oxygen atoms in total. The van der Waals surface area contributed by atoms with Crippen molar-refractivity contribution in [2.24, 2.45) is 0 Å². The molecule has 0 aliphatic carbocycles. The van der Waals surface area contributed by atoms with Crippen LogP contribution in [-0.4, -0.2) is 0 Å². The summed E-state index contributed by atoms with van der Waals surface area (Å²) >= 11 is 0. The lowest BCUT2D eigenvalue weighted by Gasteiger charge is -1.99. The zero-order chi connectivity index (χ0) is 15.5. The quantitative estimate of drug-likeness (QED) is 0.314. The number of halogens is 3. The van der Waals surface area contributed by atoms with Crippen molar-refractivity contribution in [1.82, 2.24) is 0 Å². The van der Waals surface area contributed by atoms with E-state index in [2.05, 4.69) is 18.8 Å². The molecular weight excluding hydrogens is 273 g/mol. The van der Waals surface area contributed by atoms with Gasteiger partial charge in [-0.1, -0.05) is 63.7 Å². The number of benzene rings is 1. The highest BCUT2D eigenvalue weighted by Crippen LogP contribution is 2.13. The van der Waals surface area contributed by atoms with Crippen LogP contribution < -0.4 is 0 Å². The SMILES string of the molecule is CCCCCCCCCCC#Cc1cc(F)c(F)c(F)c1. The molecule has 0 spiro atoms. The highest BCUT2D eigenvalue weighted by Gasteiger charge is 2.08. The maximum atomic E-state index is 13.0. The number of hydrogen-bond donors (Lipinski definition) is 0. The lowest BCUT2D eigenvalue weighted by atomic mass is 10.1. The first-order valence-corrected chi connectivity index (χ1v) is 7.78. The highest BCUT2D eigenvalue weighted by molar-refractivity contribution is 5.35. The van der Waals surface area contributed by atoms with Gasteiger partial charge in [0.15, 0.2) is 17.5 Å². The molecule has 0 saturated carbocycles. The maximum absolute atomic E-state index is 13.0. The zero-order valence-electron chi connectivity index (χ0n) is 12.7. The van der Waals surface area contributed by atoms with Gasteiger partial charge >= 0.3 is 0 Å². The fourth-order valence-corrected chi connectivity index (χ4v) is 2.14. The monoisotopic (exact) mass is 296 g/mol. The maximum Gasteiger partial charge on any atom is 0.194 e. The molecule has 0 unspecified atom stereocenters. The summed E-state index contributed by atoms with van der Waals surface area (Å²) in [7, 11) is 0. The lowest BCUT2D eigenvalue weighted by Crippen LogP contribution is -1.91. The van der Waals surface area contributed by atoms with Crippen molar-refractivity contribution in [3.05, 3.63) is 35.1 Å². The molecular formula is C18H23F3. The summed E-state index contributed by atoms with van der Waals surface area (Å²) in [6.45, 7) is 2.21. The fraction of sp³-hybridized carbons (Fsp3) is 0.556. The second-order valence-corrected chi connectivity index (χ2v) is 5.28. The van der Waals surface area contributed by atoms with Gasteiger partial charge in [0.25, 0.3) is 0 Å². The van der Waals surface area contributed by atoms with E-state index in [0.717, 1.165) is 25.0 Å². The number of rotatable bonds is 8. The smallest absolute Gasteiger partial charge is 0.194 e. The van der Waals surface area contributed by atoms with Crippen molar-refractivity contribution >= 4 is 0 Å². The number of hydrogen-bond acceptors (Lipinski definition) is 0. The molecule has 0 aromatic heterocycles. The molecule has 0 fully saturated rings. The van der Waals surface area contributed by atoms with Crippen molar-refractivity contribution in [2.75, 3.05) is 0 Å². The van der Waals surface area contributed by atoms with Crippen molar-refractivity contribution in [3.63, 3.8) is 0 Å². The third kappa shape index (κ3) is 7.22. The standard InChI is InChI=1S/C18H23F3/c1-2-3-4-5-6-7-8-9-10-11-12-15-13-16(19)18(21)17(20)14-15/h13-14H,2-10H2,1H3. The van der Waals surface area contributed by atoms with Crippen LogP contribution >= 0.6 is 0 Å². The van der Waals surface area contributed by atoms with Crippen LogP contribution in [-0.2, 0) is 0 Å². The predicted molar refractivity (Wildman–Crippen MR) is 80.4 cm³/mol. The van der Waals surface area contributed by atoms with Crippen molar-refractivity contribution in [2.45, 2.75) is 64.7 Å². The Balaban J connectivity index is 2.19. The summed E-state index contributed by atoms with van der Waals surface area (Å²) in [5.41, 5.74) is 0.186. The first-order valence-electron chi connectivity index (χ1n) is 7.78. The van der Waals surface area contributed by atoms with Gasteiger partial charge in [0.05, 0.1) is 0 Å². The third-order valence-corrected chi connectivity index (χ3v) is 3.37. The second kappa shape index (κ2) is 10.3. The van der Waals surface area contributed by atoms with E-state index < -0.39 is 17.5 Å². The molecule has 0 radical (unpaired) electrons. The topological polar surface area (TPSA) is 0 Å². The minimum Gasteiger partial charge on any atom is -0.204 e. The second-order valence-electron chi connectivity index (χ2n) is 5.28. The summed E-state index contributed by atoms with van der Waals surface area (Å²) in [4.78, 5) is 0. The van der Waals surface area contributed by atoms with Crippen molar-refractivity contribution in [3.8, 4) is 11.8 Å². The van der Waals surface area contributed by atoms with Gasteiger partial charge in [0, 0.05) is 12.0 Å². The van der Waals surface area contributed by atoms with Crippen molar-refractivity contribution in [1.29, 1.82) is 0 Å². The molecule has 116 valence electrons.